The van der Waals surface area contributed by atoms with Crippen molar-refractivity contribution in [3.05, 3.63) is 12.1 Å². The second kappa shape index (κ2) is 6.38. The lowest BCUT2D eigenvalue weighted by molar-refractivity contribution is -0.118. The molecule has 20 heavy (non-hydrogen) atoms. The quantitative estimate of drug-likeness (QED) is 0.542. The topological polar surface area (TPSA) is 85.6 Å². The molecule has 110 valence electrons. The van der Waals surface area contributed by atoms with Gasteiger partial charge in [0.1, 0.15) is 12.4 Å². The number of hydrogen-bond acceptors (Lipinski definition) is 5. The molecule has 8 heteroatoms. The molecule has 6 nitrogen and oxygen atoms in total. The average molecular weight is 287 g/mol. The molecule has 1 aliphatic heterocycles. The maximum Gasteiger partial charge on any atom is 0.262 e. The number of nitrogens with two attached hydrogens (primary N) is 1. The van der Waals surface area contributed by atoms with Crippen molar-refractivity contribution in [3.8, 4) is 5.75 Å². The molecular formula is C12H15F2N3O3. The van der Waals surface area contributed by atoms with Gasteiger partial charge in [0.05, 0.1) is 23.7 Å². The Balaban J connectivity index is 1.91. The monoisotopic (exact) mass is 287 g/mol. The van der Waals surface area contributed by atoms with Gasteiger partial charge in [-0.15, -0.1) is 0 Å². The summed E-state index contributed by atoms with van der Waals surface area (Å²) in [5.74, 6) is 0.259. The van der Waals surface area contributed by atoms with Crippen LogP contribution in [0.4, 0.5) is 25.8 Å². The Hall–Kier alpha value is -2.09. The van der Waals surface area contributed by atoms with Gasteiger partial charge in [0.25, 0.3) is 12.3 Å². The van der Waals surface area contributed by atoms with Gasteiger partial charge < -0.3 is 25.8 Å². The van der Waals surface area contributed by atoms with E-state index in [4.69, 9.17) is 15.2 Å². The number of benzene rings is 1. The molecule has 0 atom stereocenters. The molecule has 1 aliphatic rings. The second-order valence-corrected chi connectivity index (χ2v) is 4.17. The van der Waals surface area contributed by atoms with Crippen LogP contribution in [-0.4, -0.2) is 38.7 Å². The molecule has 4 N–H and O–H groups in total. The van der Waals surface area contributed by atoms with Crippen LogP contribution in [0.3, 0.4) is 0 Å². The summed E-state index contributed by atoms with van der Waals surface area (Å²) >= 11 is 0. The van der Waals surface area contributed by atoms with Crippen LogP contribution in [0.2, 0.25) is 0 Å². The fraction of sp³-hybridized carbons (Fsp3) is 0.417. The highest BCUT2D eigenvalue weighted by molar-refractivity contribution is 5.97. The fourth-order valence-corrected chi connectivity index (χ4v) is 1.73. The fourth-order valence-electron chi connectivity index (χ4n) is 1.73. The Kier molecular flexibility index (Phi) is 4.57. The first kappa shape index (κ1) is 14.3. The number of amides is 1. The minimum atomic E-state index is -2.48. The predicted molar refractivity (Wildman–Crippen MR) is 70.3 cm³/mol. The van der Waals surface area contributed by atoms with E-state index in [0.29, 0.717) is 29.4 Å². The minimum absolute atomic E-state index is 0.0410. The van der Waals surface area contributed by atoms with Gasteiger partial charge in [-0.25, -0.2) is 8.78 Å². The van der Waals surface area contributed by atoms with E-state index in [0.717, 1.165) is 0 Å². The second-order valence-electron chi connectivity index (χ2n) is 4.17. The number of alkyl halides is 2. The number of rotatable bonds is 6. The molecule has 0 saturated carbocycles. The Morgan fingerprint density at radius 2 is 2.30 bits per heavy atom. The summed E-state index contributed by atoms with van der Waals surface area (Å²) in [7, 11) is 0. The molecule has 0 spiro atoms. The first-order valence-corrected chi connectivity index (χ1v) is 6.02. The van der Waals surface area contributed by atoms with Gasteiger partial charge in [0.15, 0.2) is 6.61 Å². The Labute approximate surface area is 114 Å². The van der Waals surface area contributed by atoms with Crippen molar-refractivity contribution in [2.24, 2.45) is 0 Å². The first-order chi connectivity index (χ1) is 9.56. The molecule has 1 aromatic rings. The summed E-state index contributed by atoms with van der Waals surface area (Å²) < 4.78 is 33.7. The molecule has 1 amide bonds. The van der Waals surface area contributed by atoms with E-state index >= 15 is 0 Å². The van der Waals surface area contributed by atoms with Crippen molar-refractivity contribution in [2.75, 3.05) is 42.7 Å². The van der Waals surface area contributed by atoms with E-state index in [-0.39, 0.29) is 19.1 Å². The number of hydrogen-bond donors (Lipinski definition) is 3. The van der Waals surface area contributed by atoms with Crippen molar-refractivity contribution in [2.45, 2.75) is 6.43 Å². The number of carbonyl (C=O) groups is 1. The van der Waals surface area contributed by atoms with Crippen LogP contribution in [0.1, 0.15) is 0 Å². The Morgan fingerprint density at radius 3 is 3.05 bits per heavy atom. The van der Waals surface area contributed by atoms with Crippen molar-refractivity contribution in [1.82, 2.24) is 0 Å². The summed E-state index contributed by atoms with van der Waals surface area (Å²) in [6.07, 6.45) is -2.48. The first-order valence-electron chi connectivity index (χ1n) is 6.02. The van der Waals surface area contributed by atoms with Gasteiger partial charge in [-0.1, -0.05) is 0 Å². The number of nitrogens with one attached hydrogen (secondary N) is 2. The highest BCUT2D eigenvalue weighted by atomic mass is 19.3. The number of carbonyl (C=O) groups excluding carboxylic acids is 1. The SMILES string of the molecule is Nc1cc2c(cc1NCCOCC(F)F)NC(=O)CO2. The predicted octanol–water partition coefficient (Wildman–Crippen LogP) is 1.29. The molecule has 1 aromatic carbocycles. The number of fused-ring (bicyclic) bond motifs is 1. The van der Waals surface area contributed by atoms with Crippen LogP contribution in [0.5, 0.6) is 5.75 Å². The highest BCUT2D eigenvalue weighted by Gasteiger charge is 2.17. The number of nitrogen functional groups attached to an aromatic ring is 1. The summed E-state index contributed by atoms with van der Waals surface area (Å²) in [5, 5.41) is 5.60. The van der Waals surface area contributed by atoms with E-state index in [9.17, 15) is 13.6 Å². The summed E-state index contributed by atoms with van der Waals surface area (Å²) in [6, 6.07) is 3.23. The van der Waals surface area contributed by atoms with Crippen LogP contribution in [0, 0.1) is 0 Å². The third-order valence-electron chi connectivity index (χ3n) is 2.59. The molecule has 0 aliphatic carbocycles. The van der Waals surface area contributed by atoms with E-state index < -0.39 is 13.0 Å². The number of halogens is 2. The zero-order valence-electron chi connectivity index (χ0n) is 10.6. The lowest BCUT2D eigenvalue weighted by Crippen LogP contribution is -2.25. The van der Waals surface area contributed by atoms with Crippen molar-refractivity contribution in [1.29, 1.82) is 0 Å². The molecule has 1 heterocycles. The number of ether oxygens (including phenoxy) is 2. The van der Waals surface area contributed by atoms with Gasteiger partial charge in [0, 0.05) is 12.6 Å². The van der Waals surface area contributed by atoms with Crippen molar-refractivity contribution in [3.63, 3.8) is 0 Å². The molecule has 0 unspecified atom stereocenters. The maximum atomic E-state index is 11.9. The smallest absolute Gasteiger partial charge is 0.262 e. The summed E-state index contributed by atoms with van der Waals surface area (Å²) in [6.45, 7) is -0.180. The molecule has 0 fully saturated rings. The minimum Gasteiger partial charge on any atom is -0.482 e. The van der Waals surface area contributed by atoms with Crippen molar-refractivity contribution < 1.29 is 23.0 Å². The van der Waals surface area contributed by atoms with Gasteiger partial charge >= 0.3 is 0 Å². The standard InChI is InChI=1S/C12H15F2N3O3/c13-11(14)5-19-2-1-16-8-4-9-10(3-7(8)15)20-6-12(18)17-9/h3-4,11,16H,1-2,5-6,15H2,(H,17,18). The Morgan fingerprint density at radius 1 is 1.50 bits per heavy atom. The molecule has 0 aromatic heterocycles. The van der Waals surface area contributed by atoms with E-state index in [1.807, 2.05) is 0 Å². The molecule has 0 radical (unpaired) electrons. The van der Waals surface area contributed by atoms with E-state index in [1.54, 1.807) is 12.1 Å². The zero-order valence-corrected chi connectivity index (χ0v) is 10.6. The Bertz CT molecular complexity index is 497. The molecule has 2 rings (SSSR count). The lowest BCUT2D eigenvalue weighted by atomic mass is 10.2. The summed E-state index contributed by atoms with van der Waals surface area (Å²) in [5.41, 5.74) is 7.36. The van der Waals surface area contributed by atoms with Crippen LogP contribution in [0.25, 0.3) is 0 Å². The van der Waals surface area contributed by atoms with Crippen LogP contribution in [0.15, 0.2) is 12.1 Å². The van der Waals surface area contributed by atoms with Gasteiger partial charge in [0.2, 0.25) is 0 Å². The van der Waals surface area contributed by atoms with Crippen LogP contribution < -0.4 is 21.1 Å². The van der Waals surface area contributed by atoms with E-state index in [2.05, 4.69) is 10.6 Å². The average Bonchev–Trinajstić information content (AvgIpc) is 2.39. The van der Waals surface area contributed by atoms with Crippen LogP contribution >= 0.6 is 0 Å². The maximum absolute atomic E-state index is 11.9. The molecule has 0 saturated heterocycles. The third kappa shape index (κ3) is 3.70. The summed E-state index contributed by atoms with van der Waals surface area (Å²) in [4.78, 5) is 11.2. The number of anilines is 3. The van der Waals surface area contributed by atoms with Gasteiger partial charge in [-0.3, -0.25) is 4.79 Å². The van der Waals surface area contributed by atoms with Gasteiger partial charge in [-0.2, -0.15) is 0 Å². The lowest BCUT2D eigenvalue weighted by Gasteiger charge is -2.20. The normalized spacial score (nSPS) is 13.7. The van der Waals surface area contributed by atoms with E-state index in [1.165, 1.54) is 0 Å². The largest absolute Gasteiger partial charge is 0.482 e. The highest BCUT2D eigenvalue weighted by Crippen LogP contribution is 2.34. The molecule has 0 bridgehead atoms. The molecular weight excluding hydrogens is 272 g/mol. The van der Waals surface area contributed by atoms with Gasteiger partial charge in [-0.05, 0) is 6.07 Å². The van der Waals surface area contributed by atoms with Crippen LogP contribution in [-0.2, 0) is 9.53 Å². The van der Waals surface area contributed by atoms with Crippen molar-refractivity contribution >= 4 is 23.0 Å². The zero-order chi connectivity index (χ0) is 14.5. The third-order valence-corrected chi connectivity index (χ3v) is 2.59.